The van der Waals surface area contributed by atoms with Crippen molar-refractivity contribution in [1.82, 2.24) is 14.5 Å². The first-order valence-corrected chi connectivity index (χ1v) is 26.6. The fourth-order valence-corrected chi connectivity index (χ4v) is 15.8. The number of hydrogen-bond donors (Lipinski definition) is 0. The summed E-state index contributed by atoms with van der Waals surface area (Å²) in [5, 5.41) is 9.46. The van der Waals surface area contributed by atoms with E-state index in [1.54, 1.807) is 11.9 Å². The lowest BCUT2D eigenvalue weighted by molar-refractivity contribution is -0.457. The zero-order chi connectivity index (χ0) is 48.1. The molecule has 8 atom stereocenters. The van der Waals surface area contributed by atoms with Gasteiger partial charge in [-0.15, -0.1) is 0 Å². The third-order valence-corrected chi connectivity index (χ3v) is 19.2. The zero-order valence-electron chi connectivity index (χ0n) is 38.5. The highest BCUT2D eigenvalue weighted by molar-refractivity contribution is 8.76. The number of nitrogens with zero attached hydrogens (tertiary/aromatic N) is 4. The van der Waals surface area contributed by atoms with Crippen molar-refractivity contribution in [1.29, 1.82) is 5.26 Å². The van der Waals surface area contributed by atoms with Gasteiger partial charge < -0.3 is 18.9 Å². The Bertz CT molecular complexity index is 1730. The SMILES string of the molecule is CC(C)N(C(C)C)P(CC#N)O[C@@H]1CC[C@@H](CSSCCCOc2ccc3c(c2)CCC2C3CC[C@@]3(C)C2CC[C@@H]3N(C)C(=O)CN(C)CCOC(C(F)(F)F)(C(F)(F)F)C(F)(F)F)C1. The molecule has 5 rings (SSSR count). The molecule has 4 aliphatic carbocycles. The van der Waals surface area contributed by atoms with Gasteiger partial charge in [-0.1, -0.05) is 34.6 Å². The van der Waals surface area contributed by atoms with E-state index in [4.69, 9.17) is 9.26 Å². The number of fused-ring (bicyclic) bond motifs is 5. The van der Waals surface area contributed by atoms with E-state index in [-0.39, 0.29) is 17.6 Å². The average Bonchev–Trinajstić information content (AvgIpc) is 3.80. The van der Waals surface area contributed by atoms with Crippen molar-refractivity contribution in [3.63, 3.8) is 0 Å². The number of aryl methyl sites for hydroxylation is 1. The van der Waals surface area contributed by atoms with Gasteiger partial charge in [0.05, 0.1) is 38.1 Å². The number of halogens is 9. The van der Waals surface area contributed by atoms with Crippen LogP contribution in [0.5, 0.6) is 5.75 Å². The number of carbonyl (C=O) groups is 1. The number of rotatable bonds is 21. The number of amides is 1. The Kier molecular flexibility index (Phi) is 18.7. The molecule has 4 unspecified atom stereocenters. The highest BCUT2D eigenvalue weighted by atomic mass is 33.1. The Labute approximate surface area is 388 Å². The molecular formula is C45H66F9N4O4PS2. The molecule has 8 nitrogen and oxygen atoms in total. The van der Waals surface area contributed by atoms with Crippen LogP contribution < -0.4 is 4.74 Å². The summed E-state index contributed by atoms with van der Waals surface area (Å²) in [7, 11) is 5.76. The lowest BCUT2D eigenvalue weighted by Crippen LogP contribution is -2.68. The van der Waals surface area contributed by atoms with Crippen LogP contribution in [0.15, 0.2) is 18.2 Å². The van der Waals surface area contributed by atoms with Crippen molar-refractivity contribution in [3.05, 3.63) is 29.3 Å². The van der Waals surface area contributed by atoms with E-state index in [2.05, 4.69) is 68.3 Å². The molecule has 20 heteroatoms. The summed E-state index contributed by atoms with van der Waals surface area (Å²) < 4.78 is 138. The van der Waals surface area contributed by atoms with Gasteiger partial charge in [-0.05, 0) is 151 Å². The minimum Gasteiger partial charge on any atom is -0.494 e. The fraction of sp³-hybridized carbons (Fsp3) is 0.822. The summed E-state index contributed by atoms with van der Waals surface area (Å²) in [5.41, 5.74) is -3.90. The molecule has 0 N–H and O–H groups in total. The van der Waals surface area contributed by atoms with Gasteiger partial charge in [0.15, 0.2) is 0 Å². The summed E-state index contributed by atoms with van der Waals surface area (Å²) in [6, 6.07) is 9.33. The molecule has 1 aromatic carbocycles. The molecule has 0 saturated heterocycles. The molecule has 1 amide bonds. The Hall–Kier alpha value is -1.68. The topological polar surface area (TPSA) is 78.3 Å². The highest BCUT2D eigenvalue weighted by Gasteiger charge is 2.85. The number of benzene rings is 1. The van der Waals surface area contributed by atoms with Gasteiger partial charge >= 0.3 is 24.1 Å². The van der Waals surface area contributed by atoms with Crippen molar-refractivity contribution < 1.29 is 58.3 Å². The van der Waals surface area contributed by atoms with Crippen molar-refractivity contribution in [3.8, 4) is 11.8 Å². The van der Waals surface area contributed by atoms with E-state index in [0.29, 0.717) is 48.5 Å². The summed E-state index contributed by atoms with van der Waals surface area (Å²) in [6.45, 7) is 8.74. The molecule has 65 heavy (non-hydrogen) atoms. The van der Waals surface area contributed by atoms with Crippen LogP contribution in [-0.2, 0) is 20.5 Å². The van der Waals surface area contributed by atoms with Crippen LogP contribution in [0.25, 0.3) is 0 Å². The number of carbonyl (C=O) groups excluding carboxylic acids is 1. The van der Waals surface area contributed by atoms with E-state index in [1.165, 1.54) is 18.2 Å². The normalized spacial score (nSPS) is 26.6. The van der Waals surface area contributed by atoms with E-state index < -0.39 is 58.0 Å². The second-order valence-corrected chi connectivity index (χ2v) is 23.5. The molecule has 4 aliphatic rings. The summed E-state index contributed by atoms with van der Waals surface area (Å²) in [4.78, 5) is 16.1. The van der Waals surface area contributed by atoms with Crippen LogP contribution in [0.3, 0.4) is 0 Å². The molecule has 370 valence electrons. The van der Waals surface area contributed by atoms with Crippen molar-refractivity contribution in [2.75, 3.05) is 58.1 Å². The summed E-state index contributed by atoms with van der Waals surface area (Å²) in [5.74, 6) is 4.28. The minimum atomic E-state index is -6.81. The summed E-state index contributed by atoms with van der Waals surface area (Å²) in [6.07, 6.45) is -10.2. The third kappa shape index (κ3) is 12.4. The van der Waals surface area contributed by atoms with Gasteiger partial charge in [-0.25, -0.2) is 0 Å². The Morgan fingerprint density at radius 2 is 1.60 bits per heavy atom. The van der Waals surface area contributed by atoms with Crippen molar-refractivity contribution in [2.24, 2.45) is 23.2 Å². The van der Waals surface area contributed by atoms with Crippen LogP contribution in [0.1, 0.15) is 109 Å². The molecule has 0 heterocycles. The number of alkyl halides is 9. The quantitative estimate of drug-likeness (QED) is 0.0518. The van der Waals surface area contributed by atoms with Crippen LogP contribution in [-0.4, -0.2) is 127 Å². The first-order valence-electron chi connectivity index (χ1n) is 22.7. The third-order valence-electron chi connectivity index (χ3n) is 14.2. The molecule has 0 aliphatic heterocycles. The molecule has 0 bridgehead atoms. The first kappa shape index (κ1) is 54.3. The van der Waals surface area contributed by atoms with E-state index in [0.717, 1.165) is 86.4 Å². The number of hydrogen-bond acceptors (Lipinski definition) is 9. The van der Waals surface area contributed by atoms with Gasteiger partial charge in [0, 0.05) is 43.2 Å². The Balaban J connectivity index is 1.03. The van der Waals surface area contributed by atoms with Gasteiger partial charge in [0.1, 0.15) is 14.0 Å². The van der Waals surface area contributed by atoms with Crippen LogP contribution in [0, 0.1) is 34.5 Å². The first-order chi connectivity index (χ1) is 30.4. The Morgan fingerprint density at radius 3 is 2.23 bits per heavy atom. The van der Waals surface area contributed by atoms with E-state index in [1.807, 2.05) is 21.6 Å². The maximum Gasteiger partial charge on any atom is 0.435 e. The van der Waals surface area contributed by atoms with Gasteiger partial charge in [-0.3, -0.25) is 14.4 Å². The zero-order valence-corrected chi connectivity index (χ0v) is 41.0. The van der Waals surface area contributed by atoms with E-state index in [9.17, 15) is 49.6 Å². The molecule has 3 saturated carbocycles. The lowest BCUT2D eigenvalue weighted by Gasteiger charge is -2.52. The standard InChI is InChI=1S/C45H66F9N4O4PS2/c1-29(2)58(30(3)4)63(23-19-55)62-34-11-9-31(25-34)28-65-64-24-8-21-60-33-12-14-35-32(26-33)10-13-37-36(35)17-18-41(5)38(37)15-16-39(41)57(7)40(59)27-56(6)20-22-61-42(43(46,47)48,44(49,50)51)45(52,53)54/h12,14,26,29-31,34,36-39H,8-11,13,15-18,20-25,27-28H2,1-7H3/t31-,34-,36?,37?,38?,39+,41+,63?/m1/s1. The van der Waals surface area contributed by atoms with Gasteiger partial charge in [0.2, 0.25) is 5.91 Å². The number of nitriles is 1. The maximum absolute atomic E-state index is 13.4. The predicted molar refractivity (Wildman–Crippen MR) is 239 cm³/mol. The smallest absolute Gasteiger partial charge is 0.435 e. The minimum absolute atomic E-state index is 0.150. The number of likely N-dealkylation sites (N-methyl/N-ethyl adjacent to an activating group) is 2. The van der Waals surface area contributed by atoms with Crippen LogP contribution in [0.4, 0.5) is 39.5 Å². The van der Waals surface area contributed by atoms with Crippen LogP contribution in [0.2, 0.25) is 0 Å². The molecule has 0 spiro atoms. The fourth-order valence-electron chi connectivity index (χ4n) is 11.2. The predicted octanol–water partition coefficient (Wildman–Crippen LogP) is 12.0. The lowest BCUT2D eigenvalue weighted by atomic mass is 9.55. The van der Waals surface area contributed by atoms with Gasteiger partial charge in [0.25, 0.3) is 0 Å². The van der Waals surface area contributed by atoms with Crippen molar-refractivity contribution in [2.45, 2.75) is 153 Å². The monoisotopic (exact) mass is 992 g/mol. The second kappa shape index (κ2) is 22.4. The second-order valence-electron chi connectivity index (χ2n) is 19.1. The van der Waals surface area contributed by atoms with Crippen molar-refractivity contribution >= 4 is 35.8 Å². The summed E-state index contributed by atoms with van der Waals surface area (Å²) >= 11 is 0. The van der Waals surface area contributed by atoms with Gasteiger partial charge in [-0.2, -0.15) is 44.8 Å². The molecule has 3 fully saturated rings. The highest BCUT2D eigenvalue weighted by Crippen LogP contribution is 2.62. The molecule has 0 aromatic heterocycles. The molecular weight excluding hydrogens is 927 g/mol. The number of ether oxygens (including phenoxy) is 2. The largest absolute Gasteiger partial charge is 0.494 e. The Morgan fingerprint density at radius 1 is 0.923 bits per heavy atom. The maximum atomic E-state index is 13.4. The average molecular weight is 993 g/mol. The van der Waals surface area contributed by atoms with Crippen LogP contribution >= 0.6 is 29.9 Å². The molecule has 1 aromatic rings. The molecule has 0 radical (unpaired) electrons. The van der Waals surface area contributed by atoms with E-state index >= 15 is 0 Å².